The summed E-state index contributed by atoms with van der Waals surface area (Å²) in [5.41, 5.74) is 1.19. The largest absolute Gasteiger partial charge is 0.492 e. The van der Waals surface area contributed by atoms with Crippen LogP contribution in [0.15, 0.2) is 40.9 Å². The molecule has 0 saturated heterocycles. The van der Waals surface area contributed by atoms with E-state index >= 15 is 0 Å². The number of urea groups is 1. The van der Waals surface area contributed by atoms with Gasteiger partial charge in [-0.15, -0.1) is 0 Å². The minimum absolute atomic E-state index is 0.165. The number of rotatable bonds is 2. The molecule has 0 bridgehead atoms. The van der Waals surface area contributed by atoms with Gasteiger partial charge in [-0.25, -0.2) is 4.79 Å². The van der Waals surface area contributed by atoms with Crippen LogP contribution in [0.1, 0.15) is 5.56 Å². The summed E-state index contributed by atoms with van der Waals surface area (Å²) in [6.07, 6.45) is -5.06. The van der Waals surface area contributed by atoms with Crippen molar-refractivity contribution in [2.75, 3.05) is 5.32 Å². The number of halogens is 5. The number of hydrogen-bond acceptors (Lipinski definition) is 3. The summed E-state index contributed by atoms with van der Waals surface area (Å²) in [6, 6.07) is 7.52. The Morgan fingerprint density at radius 3 is 2.50 bits per heavy atom. The normalized spacial score (nSPS) is 18.5. The average molecular weight is 452 g/mol. The first-order valence-corrected chi connectivity index (χ1v) is 8.36. The number of carbonyl (C=O) groups is 1. The van der Waals surface area contributed by atoms with Crippen molar-refractivity contribution in [2.24, 2.45) is 0 Å². The molecule has 138 valence electrons. The summed E-state index contributed by atoms with van der Waals surface area (Å²) >= 11 is 8.98. The van der Waals surface area contributed by atoms with E-state index in [2.05, 4.69) is 21.2 Å². The third-order valence-corrected chi connectivity index (χ3v) is 4.33. The van der Waals surface area contributed by atoms with Gasteiger partial charge in [-0.2, -0.15) is 13.2 Å². The molecule has 0 radical (unpaired) electrons. The van der Waals surface area contributed by atoms with Crippen molar-refractivity contribution in [3.05, 3.63) is 51.5 Å². The standard InChI is InChI=1S/C16H11BrClF3N2O3/c1-8-2-4-11(10(17)6-8)22-14(24)23-16(15(19,20)21)25-12-5-3-9(18)7-13(12)26-16/h2-7H,1H3,(H2,22,23,24). The van der Waals surface area contributed by atoms with E-state index in [0.717, 1.165) is 5.56 Å². The van der Waals surface area contributed by atoms with Gasteiger partial charge in [-0.05, 0) is 52.7 Å². The van der Waals surface area contributed by atoms with Crippen molar-refractivity contribution in [3.8, 4) is 11.5 Å². The lowest BCUT2D eigenvalue weighted by molar-refractivity contribution is -0.317. The zero-order valence-corrected chi connectivity index (χ0v) is 15.4. The number of carbonyl (C=O) groups excluding carboxylic acids is 1. The minimum Gasteiger partial charge on any atom is -0.424 e. The molecule has 1 aliphatic heterocycles. The molecule has 3 rings (SSSR count). The van der Waals surface area contributed by atoms with Crippen LogP contribution in [0.25, 0.3) is 0 Å². The molecule has 1 atom stereocenters. The second kappa shape index (κ2) is 6.55. The molecule has 1 heterocycles. The predicted octanol–water partition coefficient (Wildman–Crippen LogP) is 5.22. The Morgan fingerprint density at radius 1 is 1.15 bits per heavy atom. The van der Waals surface area contributed by atoms with Crippen LogP contribution >= 0.6 is 27.5 Å². The summed E-state index contributed by atoms with van der Waals surface area (Å²) in [5, 5.41) is 4.19. The smallest absolute Gasteiger partial charge is 0.424 e. The van der Waals surface area contributed by atoms with E-state index in [-0.39, 0.29) is 22.2 Å². The lowest BCUT2D eigenvalue weighted by Gasteiger charge is -2.29. The third kappa shape index (κ3) is 3.54. The molecule has 1 unspecified atom stereocenters. The van der Waals surface area contributed by atoms with Gasteiger partial charge in [-0.3, -0.25) is 5.32 Å². The second-order valence-corrected chi connectivity index (χ2v) is 6.76. The highest BCUT2D eigenvalue weighted by atomic mass is 79.9. The highest BCUT2D eigenvalue weighted by Gasteiger charge is 2.65. The van der Waals surface area contributed by atoms with Crippen LogP contribution in [0.2, 0.25) is 5.02 Å². The Bertz CT molecular complexity index is 878. The molecule has 0 fully saturated rings. The van der Waals surface area contributed by atoms with Crippen LogP contribution in [0.5, 0.6) is 11.5 Å². The SMILES string of the molecule is Cc1ccc(NC(=O)NC2(C(F)(F)F)Oc3ccc(Cl)cc3O2)c(Br)c1. The van der Waals surface area contributed by atoms with Crippen LogP contribution in [0.3, 0.4) is 0 Å². The maximum Gasteiger partial charge on any atom is 0.492 e. The van der Waals surface area contributed by atoms with Crippen molar-refractivity contribution >= 4 is 39.2 Å². The van der Waals surface area contributed by atoms with Crippen LogP contribution in [-0.4, -0.2) is 18.1 Å². The molecule has 0 saturated carbocycles. The molecule has 26 heavy (non-hydrogen) atoms. The van der Waals surface area contributed by atoms with Crippen LogP contribution in [0, 0.1) is 6.92 Å². The number of alkyl halides is 3. The molecular weight excluding hydrogens is 441 g/mol. The monoisotopic (exact) mass is 450 g/mol. The highest BCUT2D eigenvalue weighted by Crippen LogP contribution is 2.46. The summed E-state index contributed by atoms with van der Waals surface area (Å²) in [5.74, 6) is -3.78. The Hall–Kier alpha value is -2.13. The molecule has 0 aromatic heterocycles. The van der Waals surface area contributed by atoms with Crippen molar-refractivity contribution in [3.63, 3.8) is 0 Å². The molecule has 1 aliphatic rings. The molecule has 2 aromatic carbocycles. The molecule has 0 aliphatic carbocycles. The predicted molar refractivity (Wildman–Crippen MR) is 92.5 cm³/mol. The summed E-state index contributed by atoms with van der Waals surface area (Å²) in [4.78, 5) is 12.1. The van der Waals surface area contributed by atoms with E-state index in [1.165, 1.54) is 18.2 Å². The summed E-state index contributed by atoms with van der Waals surface area (Å²) < 4.78 is 51.0. The fourth-order valence-corrected chi connectivity index (χ4v) is 2.99. The number of fused-ring (bicyclic) bond motifs is 1. The fourth-order valence-electron chi connectivity index (χ4n) is 2.24. The van der Waals surface area contributed by atoms with Gasteiger partial charge in [0.1, 0.15) is 0 Å². The highest BCUT2D eigenvalue weighted by molar-refractivity contribution is 9.10. The number of hydrogen-bond donors (Lipinski definition) is 2. The zero-order chi connectivity index (χ0) is 19.1. The number of amides is 2. The van der Waals surface area contributed by atoms with Gasteiger partial charge in [0, 0.05) is 15.6 Å². The number of ether oxygens (including phenoxy) is 2. The third-order valence-electron chi connectivity index (χ3n) is 3.44. The fraction of sp³-hybridized carbons (Fsp3) is 0.188. The number of benzene rings is 2. The molecule has 5 nitrogen and oxygen atoms in total. The van der Waals surface area contributed by atoms with Gasteiger partial charge in [0.25, 0.3) is 0 Å². The van der Waals surface area contributed by atoms with E-state index in [4.69, 9.17) is 21.1 Å². The Morgan fingerprint density at radius 2 is 1.85 bits per heavy atom. The number of nitrogens with one attached hydrogen (secondary N) is 2. The van der Waals surface area contributed by atoms with Crippen molar-refractivity contribution in [1.29, 1.82) is 0 Å². The molecule has 2 aromatic rings. The van der Waals surface area contributed by atoms with E-state index in [1.54, 1.807) is 23.5 Å². The summed E-state index contributed by atoms with van der Waals surface area (Å²) in [7, 11) is 0. The number of aryl methyl sites for hydroxylation is 1. The molecule has 2 N–H and O–H groups in total. The first-order chi connectivity index (χ1) is 12.1. The van der Waals surface area contributed by atoms with Crippen molar-refractivity contribution < 1.29 is 27.4 Å². The zero-order valence-electron chi connectivity index (χ0n) is 13.1. The van der Waals surface area contributed by atoms with Gasteiger partial charge in [-0.1, -0.05) is 17.7 Å². The Kier molecular flexibility index (Phi) is 4.70. The Balaban J connectivity index is 1.83. The van der Waals surface area contributed by atoms with E-state index in [9.17, 15) is 18.0 Å². The van der Waals surface area contributed by atoms with Crippen molar-refractivity contribution in [1.82, 2.24) is 5.32 Å². The van der Waals surface area contributed by atoms with Crippen LogP contribution in [0.4, 0.5) is 23.7 Å². The van der Waals surface area contributed by atoms with Gasteiger partial charge in [0.2, 0.25) is 0 Å². The second-order valence-electron chi connectivity index (χ2n) is 5.47. The molecular formula is C16H11BrClF3N2O3. The van der Waals surface area contributed by atoms with E-state index in [0.29, 0.717) is 4.47 Å². The summed E-state index contributed by atoms with van der Waals surface area (Å²) in [6.45, 7) is 1.83. The Labute approximate surface area is 159 Å². The minimum atomic E-state index is -5.06. The topological polar surface area (TPSA) is 59.6 Å². The maximum absolute atomic E-state index is 13.6. The lowest BCUT2D eigenvalue weighted by atomic mass is 10.2. The quantitative estimate of drug-likeness (QED) is 0.658. The first-order valence-electron chi connectivity index (χ1n) is 7.19. The average Bonchev–Trinajstić information content (AvgIpc) is 2.88. The lowest BCUT2D eigenvalue weighted by Crippen LogP contribution is -2.65. The van der Waals surface area contributed by atoms with Gasteiger partial charge in [0.05, 0.1) is 5.69 Å². The van der Waals surface area contributed by atoms with Gasteiger partial charge in [0.15, 0.2) is 11.5 Å². The first kappa shape index (κ1) is 18.7. The van der Waals surface area contributed by atoms with Crippen LogP contribution < -0.4 is 20.1 Å². The van der Waals surface area contributed by atoms with E-state index in [1.807, 2.05) is 6.92 Å². The maximum atomic E-state index is 13.6. The molecule has 2 amide bonds. The molecule has 0 spiro atoms. The molecule has 10 heteroatoms. The van der Waals surface area contributed by atoms with Gasteiger partial charge >= 0.3 is 18.1 Å². The van der Waals surface area contributed by atoms with Crippen LogP contribution in [-0.2, 0) is 0 Å². The number of anilines is 1. The van der Waals surface area contributed by atoms with Crippen molar-refractivity contribution in [2.45, 2.75) is 19.0 Å². The van der Waals surface area contributed by atoms with Gasteiger partial charge < -0.3 is 14.8 Å². The van der Waals surface area contributed by atoms with E-state index < -0.39 is 18.1 Å².